The molecule has 0 unspecified atom stereocenters. The number of hydrogen-bond donors (Lipinski definition) is 2. The fourth-order valence-corrected chi connectivity index (χ4v) is 3.32. The first-order chi connectivity index (χ1) is 13.0. The van der Waals surface area contributed by atoms with Crippen LogP contribution in [0.25, 0.3) is 0 Å². The van der Waals surface area contributed by atoms with Crippen molar-refractivity contribution in [3.63, 3.8) is 0 Å². The van der Waals surface area contributed by atoms with Crippen LogP contribution in [-0.4, -0.2) is 30.9 Å². The van der Waals surface area contributed by atoms with Crippen LogP contribution >= 0.6 is 0 Å². The Hall–Kier alpha value is -2.82. The molecule has 0 radical (unpaired) electrons. The van der Waals surface area contributed by atoms with E-state index in [2.05, 4.69) is 64.1 Å². The first-order valence-corrected chi connectivity index (χ1v) is 9.52. The zero-order chi connectivity index (χ0) is 19.2. The van der Waals surface area contributed by atoms with Crippen molar-refractivity contribution in [3.05, 3.63) is 65.2 Å². The first kappa shape index (κ1) is 19.0. The van der Waals surface area contributed by atoms with Crippen LogP contribution in [0.2, 0.25) is 0 Å². The van der Waals surface area contributed by atoms with Crippen molar-refractivity contribution in [3.8, 4) is 0 Å². The normalized spacial score (nSPS) is 13.2. The molecule has 0 aromatic heterocycles. The van der Waals surface area contributed by atoms with E-state index in [9.17, 15) is 9.59 Å². The lowest BCUT2D eigenvalue weighted by atomic mass is 9.99. The Morgan fingerprint density at radius 1 is 1.00 bits per heavy atom. The van der Waals surface area contributed by atoms with Gasteiger partial charge in [0.15, 0.2) is 0 Å². The minimum atomic E-state index is -0.578. The van der Waals surface area contributed by atoms with Crippen LogP contribution in [0, 0.1) is 0 Å². The van der Waals surface area contributed by atoms with E-state index >= 15 is 0 Å². The molecule has 0 fully saturated rings. The van der Waals surface area contributed by atoms with E-state index in [0.717, 1.165) is 25.1 Å². The first-order valence-electron chi connectivity index (χ1n) is 9.52. The molecule has 1 aliphatic rings. The number of carbonyl (C=O) groups excluding carboxylic acids is 2. The summed E-state index contributed by atoms with van der Waals surface area (Å²) in [5, 5.41) is 5.25. The maximum absolute atomic E-state index is 11.7. The van der Waals surface area contributed by atoms with Gasteiger partial charge in [-0.1, -0.05) is 36.4 Å². The summed E-state index contributed by atoms with van der Waals surface area (Å²) >= 11 is 0. The molecule has 1 heterocycles. The van der Waals surface area contributed by atoms with E-state index in [1.165, 1.54) is 16.8 Å². The fraction of sp³-hybridized carbons (Fsp3) is 0.364. The molecule has 142 valence electrons. The monoisotopic (exact) mass is 365 g/mol. The molecule has 0 spiro atoms. The van der Waals surface area contributed by atoms with Crippen LogP contribution in [0.5, 0.6) is 0 Å². The van der Waals surface area contributed by atoms with Gasteiger partial charge in [-0.05, 0) is 55.5 Å². The second kappa shape index (κ2) is 8.71. The van der Waals surface area contributed by atoms with Gasteiger partial charge in [-0.25, -0.2) is 0 Å². The maximum atomic E-state index is 11.7. The van der Waals surface area contributed by atoms with Gasteiger partial charge in [-0.15, -0.1) is 0 Å². The zero-order valence-electron chi connectivity index (χ0n) is 16.0. The predicted octanol–water partition coefficient (Wildman–Crippen LogP) is 2.43. The predicted molar refractivity (Wildman–Crippen MR) is 108 cm³/mol. The van der Waals surface area contributed by atoms with E-state index in [4.69, 9.17) is 0 Å². The summed E-state index contributed by atoms with van der Waals surface area (Å²) < 4.78 is 0. The van der Waals surface area contributed by atoms with Gasteiger partial charge in [0, 0.05) is 31.4 Å². The molecular formula is C22H27N3O2. The van der Waals surface area contributed by atoms with Crippen molar-refractivity contribution >= 4 is 17.5 Å². The van der Waals surface area contributed by atoms with E-state index in [-0.39, 0.29) is 6.04 Å². The van der Waals surface area contributed by atoms with Crippen molar-refractivity contribution < 1.29 is 9.59 Å². The molecule has 2 amide bonds. The van der Waals surface area contributed by atoms with Gasteiger partial charge < -0.3 is 15.5 Å². The van der Waals surface area contributed by atoms with Crippen molar-refractivity contribution in [1.29, 1.82) is 0 Å². The molecule has 0 atom stereocenters. The largest absolute Gasteiger partial charge is 0.367 e. The minimum absolute atomic E-state index is 0.0439. The number of nitrogens with zero attached hydrogens (tertiary/aromatic N) is 1. The number of anilines is 1. The molecule has 3 rings (SSSR count). The molecular weight excluding hydrogens is 338 g/mol. The van der Waals surface area contributed by atoms with Crippen LogP contribution in [0.15, 0.2) is 48.5 Å². The van der Waals surface area contributed by atoms with E-state index in [1.54, 1.807) is 0 Å². The van der Waals surface area contributed by atoms with Crippen LogP contribution < -0.4 is 15.5 Å². The number of nitrogens with one attached hydrogen (secondary N) is 2. The number of carbonyl (C=O) groups is 2. The van der Waals surface area contributed by atoms with E-state index in [1.807, 2.05) is 13.8 Å². The van der Waals surface area contributed by atoms with Crippen LogP contribution in [0.1, 0.15) is 30.5 Å². The molecule has 0 saturated heterocycles. The van der Waals surface area contributed by atoms with Crippen LogP contribution in [0.4, 0.5) is 5.69 Å². The lowest BCUT2D eigenvalue weighted by Crippen LogP contribution is -2.43. The molecule has 0 bridgehead atoms. The molecule has 2 N–H and O–H groups in total. The smallest absolute Gasteiger partial charge is 0.309 e. The molecule has 0 saturated carbocycles. The average Bonchev–Trinajstić information content (AvgIpc) is 2.67. The molecule has 0 aliphatic carbocycles. The highest BCUT2D eigenvalue weighted by Crippen LogP contribution is 2.24. The Bertz CT molecular complexity index is 799. The number of amides is 2. The summed E-state index contributed by atoms with van der Waals surface area (Å²) in [5.74, 6) is -1.15. The molecule has 2 aromatic carbocycles. The number of rotatable bonds is 5. The van der Waals surface area contributed by atoms with Crippen molar-refractivity contribution in [2.45, 2.75) is 39.3 Å². The quantitative estimate of drug-likeness (QED) is 0.800. The molecule has 27 heavy (non-hydrogen) atoms. The van der Waals surface area contributed by atoms with E-state index in [0.29, 0.717) is 13.0 Å². The van der Waals surface area contributed by atoms with Gasteiger partial charge in [0.1, 0.15) is 0 Å². The second-order valence-electron chi connectivity index (χ2n) is 7.24. The van der Waals surface area contributed by atoms with Gasteiger partial charge in [0.05, 0.1) is 0 Å². The number of hydrogen-bond acceptors (Lipinski definition) is 3. The standard InChI is InChI=1S/C22H27N3O2/c1-16(2)24-22(27)21(26)23-13-11-17-7-9-20(10-8-17)25-14-12-18-5-3-4-6-19(18)15-25/h3-10,16H,11-15H2,1-2H3,(H,23,26)(H,24,27). The second-order valence-corrected chi connectivity index (χ2v) is 7.24. The average molecular weight is 365 g/mol. The fourth-order valence-electron chi connectivity index (χ4n) is 3.32. The Morgan fingerprint density at radius 2 is 1.70 bits per heavy atom. The van der Waals surface area contributed by atoms with Crippen LogP contribution in [-0.2, 0) is 29.0 Å². The third-order valence-electron chi connectivity index (χ3n) is 4.76. The Balaban J connectivity index is 1.50. The zero-order valence-corrected chi connectivity index (χ0v) is 16.0. The lowest BCUT2D eigenvalue weighted by Gasteiger charge is -2.30. The number of benzene rings is 2. The Kier molecular flexibility index (Phi) is 6.12. The highest BCUT2D eigenvalue weighted by molar-refractivity contribution is 6.35. The van der Waals surface area contributed by atoms with Gasteiger partial charge in [-0.3, -0.25) is 9.59 Å². The van der Waals surface area contributed by atoms with Crippen molar-refractivity contribution in [2.24, 2.45) is 0 Å². The molecule has 1 aliphatic heterocycles. The number of fused-ring (bicyclic) bond motifs is 1. The molecule has 2 aromatic rings. The van der Waals surface area contributed by atoms with Gasteiger partial charge in [0.2, 0.25) is 0 Å². The van der Waals surface area contributed by atoms with Crippen LogP contribution in [0.3, 0.4) is 0 Å². The lowest BCUT2D eigenvalue weighted by molar-refractivity contribution is -0.139. The summed E-state index contributed by atoms with van der Waals surface area (Å²) in [6.07, 6.45) is 1.77. The van der Waals surface area contributed by atoms with Gasteiger partial charge >= 0.3 is 11.8 Å². The Morgan fingerprint density at radius 3 is 2.41 bits per heavy atom. The summed E-state index contributed by atoms with van der Waals surface area (Å²) in [5.41, 5.74) is 5.20. The highest BCUT2D eigenvalue weighted by atomic mass is 16.2. The highest BCUT2D eigenvalue weighted by Gasteiger charge is 2.16. The van der Waals surface area contributed by atoms with E-state index < -0.39 is 11.8 Å². The van der Waals surface area contributed by atoms with Gasteiger partial charge in [0.25, 0.3) is 0 Å². The summed E-state index contributed by atoms with van der Waals surface area (Å²) in [6, 6.07) is 17.0. The molecule has 5 heteroatoms. The third-order valence-corrected chi connectivity index (χ3v) is 4.76. The summed E-state index contributed by atoms with van der Waals surface area (Å²) in [7, 11) is 0. The summed E-state index contributed by atoms with van der Waals surface area (Å²) in [4.78, 5) is 25.7. The Labute approximate surface area is 160 Å². The SMILES string of the molecule is CC(C)NC(=O)C(=O)NCCc1ccc(N2CCc3ccccc3C2)cc1. The topological polar surface area (TPSA) is 61.4 Å². The van der Waals surface area contributed by atoms with Crippen molar-refractivity contribution in [2.75, 3.05) is 18.0 Å². The van der Waals surface area contributed by atoms with Crippen molar-refractivity contribution in [1.82, 2.24) is 10.6 Å². The molecule has 5 nitrogen and oxygen atoms in total. The minimum Gasteiger partial charge on any atom is -0.367 e. The maximum Gasteiger partial charge on any atom is 0.309 e. The summed E-state index contributed by atoms with van der Waals surface area (Å²) in [6.45, 7) is 6.07. The third kappa shape index (κ3) is 5.09. The van der Waals surface area contributed by atoms with Gasteiger partial charge in [-0.2, -0.15) is 0 Å².